The Balaban J connectivity index is 2.99. The zero-order valence-electron chi connectivity index (χ0n) is 8.84. The Hall–Kier alpha value is -2.10. The van der Waals surface area contributed by atoms with Gasteiger partial charge in [0, 0.05) is 0 Å². The lowest BCUT2D eigenvalue weighted by atomic mass is 10.1. The van der Waals surface area contributed by atoms with Gasteiger partial charge in [-0.3, -0.25) is 0 Å². The van der Waals surface area contributed by atoms with Crippen LogP contribution in [-0.2, 0) is 14.3 Å². The number of rotatable bonds is 4. The van der Waals surface area contributed by atoms with Crippen LogP contribution in [0.5, 0.6) is 0 Å². The van der Waals surface area contributed by atoms with Crippen LogP contribution >= 0.6 is 0 Å². The van der Waals surface area contributed by atoms with Gasteiger partial charge >= 0.3 is 11.9 Å². The zero-order chi connectivity index (χ0) is 12.0. The number of hydrogen-bond acceptors (Lipinski definition) is 3. The minimum atomic E-state index is -1.29. The molecule has 1 rings (SSSR count). The Bertz CT molecular complexity index is 406. The van der Waals surface area contributed by atoms with Gasteiger partial charge in [-0.25, -0.2) is 9.59 Å². The van der Waals surface area contributed by atoms with E-state index in [-0.39, 0.29) is 12.2 Å². The molecule has 1 aromatic carbocycles. The number of carboxylic acid groups (broad SMARTS) is 1. The molecule has 0 aliphatic carbocycles. The van der Waals surface area contributed by atoms with Gasteiger partial charge in [0.2, 0.25) is 0 Å². The summed E-state index contributed by atoms with van der Waals surface area (Å²) in [5.74, 6) is -2.11. The van der Waals surface area contributed by atoms with Gasteiger partial charge in [-0.1, -0.05) is 30.3 Å². The molecule has 0 amide bonds. The Labute approximate surface area is 93.2 Å². The standard InChI is InChI=1S/C12H12O4/c1-2-16-12(15)10(11(13)14)8-9-6-4-3-5-7-9/h3-8H,2H2,1H3,(H,13,14)/b10-8-. The second-order valence-electron chi connectivity index (χ2n) is 2.99. The maximum Gasteiger partial charge on any atom is 0.345 e. The lowest BCUT2D eigenvalue weighted by molar-refractivity contribution is -0.143. The largest absolute Gasteiger partial charge is 0.477 e. The van der Waals surface area contributed by atoms with Crippen LogP contribution in [0, 0.1) is 0 Å². The molecule has 0 saturated carbocycles. The summed E-state index contributed by atoms with van der Waals surface area (Å²) >= 11 is 0. The van der Waals surface area contributed by atoms with Gasteiger partial charge in [-0.05, 0) is 18.6 Å². The van der Waals surface area contributed by atoms with Crippen molar-refractivity contribution in [1.29, 1.82) is 0 Å². The van der Waals surface area contributed by atoms with Gasteiger partial charge in [0.15, 0.2) is 0 Å². The molecule has 0 atom stereocenters. The summed E-state index contributed by atoms with van der Waals surface area (Å²) in [6.45, 7) is 1.78. The maximum atomic E-state index is 11.3. The molecular formula is C12H12O4. The molecule has 0 aliphatic rings. The number of esters is 1. The van der Waals surface area contributed by atoms with Crippen molar-refractivity contribution in [3.63, 3.8) is 0 Å². The van der Waals surface area contributed by atoms with Crippen LogP contribution in [0.3, 0.4) is 0 Å². The van der Waals surface area contributed by atoms with Crippen LogP contribution in [0.15, 0.2) is 35.9 Å². The molecule has 0 bridgehead atoms. The Morgan fingerprint density at radius 2 is 1.94 bits per heavy atom. The summed E-state index contributed by atoms with van der Waals surface area (Å²) in [5.41, 5.74) is 0.279. The number of hydrogen-bond donors (Lipinski definition) is 1. The van der Waals surface area contributed by atoms with Crippen LogP contribution in [0.2, 0.25) is 0 Å². The van der Waals surface area contributed by atoms with E-state index in [1.54, 1.807) is 31.2 Å². The second kappa shape index (κ2) is 5.70. The van der Waals surface area contributed by atoms with Crippen molar-refractivity contribution in [3.8, 4) is 0 Å². The van der Waals surface area contributed by atoms with Crippen molar-refractivity contribution in [1.82, 2.24) is 0 Å². The van der Waals surface area contributed by atoms with Crippen LogP contribution < -0.4 is 0 Å². The number of carboxylic acids is 1. The average molecular weight is 220 g/mol. The molecule has 16 heavy (non-hydrogen) atoms. The first-order chi connectivity index (χ1) is 7.65. The molecule has 0 heterocycles. The Kier molecular flexibility index (Phi) is 4.27. The molecule has 4 heteroatoms. The lowest BCUT2D eigenvalue weighted by Gasteiger charge is -2.02. The summed E-state index contributed by atoms with van der Waals surface area (Å²) in [6.07, 6.45) is 1.29. The van der Waals surface area contributed by atoms with E-state index in [1.165, 1.54) is 6.08 Å². The monoisotopic (exact) mass is 220 g/mol. The topological polar surface area (TPSA) is 63.6 Å². The van der Waals surface area contributed by atoms with Crippen LogP contribution in [-0.4, -0.2) is 23.7 Å². The van der Waals surface area contributed by atoms with Crippen LogP contribution in [0.4, 0.5) is 0 Å². The molecular weight excluding hydrogens is 208 g/mol. The summed E-state index contributed by atoms with van der Waals surface area (Å²) in [4.78, 5) is 22.2. The number of carbonyl (C=O) groups is 2. The molecule has 84 valence electrons. The molecule has 0 saturated heterocycles. The van der Waals surface area contributed by atoms with Crippen LogP contribution in [0.25, 0.3) is 6.08 Å². The fraction of sp³-hybridized carbons (Fsp3) is 0.167. The summed E-state index contributed by atoms with van der Waals surface area (Å²) in [6, 6.07) is 8.75. The highest BCUT2D eigenvalue weighted by molar-refractivity contribution is 6.16. The van der Waals surface area contributed by atoms with Gasteiger partial charge in [0.25, 0.3) is 0 Å². The SMILES string of the molecule is CCOC(=O)/C(=C\c1ccccc1)C(=O)O. The predicted molar refractivity (Wildman–Crippen MR) is 58.7 cm³/mol. The Morgan fingerprint density at radius 3 is 2.44 bits per heavy atom. The first-order valence-corrected chi connectivity index (χ1v) is 4.82. The smallest absolute Gasteiger partial charge is 0.345 e. The van der Waals surface area contributed by atoms with Gasteiger partial charge in [0.1, 0.15) is 5.57 Å². The zero-order valence-corrected chi connectivity index (χ0v) is 8.84. The quantitative estimate of drug-likeness (QED) is 0.363. The van der Waals surface area contributed by atoms with E-state index in [4.69, 9.17) is 5.11 Å². The summed E-state index contributed by atoms with van der Waals surface area (Å²) < 4.78 is 4.65. The molecule has 4 nitrogen and oxygen atoms in total. The van der Waals surface area contributed by atoms with Crippen molar-refractivity contribution in [3.05, 3.63) is 41.5 Å². The molecule has 0 fully saturated rings. The highest BCUT2D eigenvalue weighted by atomic mass is 16.5. The van der Waals surface area contributed by atoms with E-state index < -0.39 is 11.9 Å². The molecule has 0 radical (unpaired) electrons. The third kappa shape index (κ3) is 3.24. The van der Waals surface area contributed by atoms with Crippen molar-refractivity contribution < 1.29 is 19.4 Å². The molecule has 0 aliphatic heterocycles. The lowest BCUT2D eigenvalue weighted by Crippen LogP contribution is -2.15. The molecule has 0 spiro atoms. The third-order valence-corrected chi connectivity index (χ3v) is 1.84. The second-order valence-corrected chi connectivity index (χ2v) is 2.99. The van der Waals surface area contributed by atoms with E-state index in [1.807, 2.05) is 6.07 Å². The number of ether oxygens (including phenoxy) is 1. The van der Waals surface area contributed by atoms with Gasteiger partial charge in [-0.2, -0.15) is 0 Å². The fourth-order valence-corrected chi connectivity index (χ4v) is 1.13. The molecule has 0 unspecified atom stereocenters. The predicted octanol–water partition coefficient (Wildman–Crippen LogP) is 1.72. The maximum absolute atomic E-state index is 11.3. The first kappa shape index (κ1) is 12.0. The minimum Gasteiger partial charge on any atom is -0.477 e. The normalized spacial score (nSPS) is 10.9. The van der Waals surface area contributed by atoms with Gasteiger partial charge in [-0.15, -0.1) is 0 Å². The van der Waals surface area contributed by atoms with Gasteiger partial charge < -0.3 is 9.84 Å². The molecule has 1 N–H and O–H groups in total. The van der Waals surface area contributed by atoms with Crippen LogP contribution in [0.1, 0.15) is 12.5 Å². The number of aliphatic carboxylic acids is 1. The number of benzene rings is 1. The van der Waals surface area contributed by atoms with E-state index in [9.17, 15) is 9.59 Å². The van der Waals surface area contributed by atoms with E-state index >= 15 is 0 Å². The summed E-state index contributed by atoms with van der Waals surface area (Å²) in [5, 5.41) is 8.86. The van der Waals surface area contributed by atoms with Crippen molar-refractivity contribution in [2.75, 3.05) is 6.61 Å². The van der Waals surface area contributed by atoms with Crippen molar-refractivity contribution in [2.45, 2.75) is 6.92 Å². The summed E-state index contributed by atoms with van der Waals surface area (Å²) in [7, 11) is 0. The highest BCUT2D eigenvalue weighted by Crippen LogP contribution is 2.08. The fourth-order valence-electron chi connectivity index (χ4n) is 1.13. The van der Waals surface area contributed by atoms with E-state index in [0.717, 1.165) is 0 Å². The van der Waals surface area contributed by atoms with Crippen molar-refractivity contribution in [2.24, 2.45) is 0 Å². The molecule has 1 aromatic rings. The van der Waals surface area contributed by atoms with Crippen molar-refractivity contribution >= 4 is 18.0 Å². The minimum absolute atomic E-state index is 0.151. The first-order valence-electron chi connectivity index (χ1n) is 4.82. The molecule has 0 aromatic heterocycles. The van der Waals surface area contributed by atoms with E-state index in [0.29, 0.717) is 5.56 Å². The number of carbonyl (C=O) groups excluding carboxylic acids is 1. The highest BCUT2D eigenvalue weighted by Gasteiger charge is 2.18. The Morgan fingerprint density at radius 1 is 1.31 bits per heavy atom. The third-order valence-electron chi connectivity index (χ3n) is 1.84. The van der Waals surface area contributed by atoms with E-state index in [2.05, 4.69) is 4.74 Å². The average Bonchev–Trinajstić information content (AvgIpc) is 2.27. The van der Waals surface area contributed by atoms with Gasteiger partial charge in [0.05, 0.1) is 6.61 Å².